The maximum atomic E-state index is 13.0. The van der Waals surface area contributed by atoms with E-state index in [-0.39, 0.29) is 24.2 Å². The van der Waals surface area contributed by atoms with Crippen LogP contribution in [0.15, 0.2) is 35.1 Å². The van der Waals surface area contributed by atoms with Crippen molar-refractivity contribution in [1.82, 2.24) is 9.78 Å². The fourth-order valence-corrected chi connectivity index (χ4v) is 2.14. The molecule has 0 radical (unpaired) electrons. The normalized spacial score (nSPS) is 10.6. The summed E-state index contributed by atoms with van der Waals surface area (Å²) in [4.78, 5) is 23.0. The zero-order chi connectivity index (χ0) is 16.1. The number of nitrogens with zero attached hydrogens (tertiary/aromatic N) is 2. The molecule has 1 N–H and O–H groups in total. The maximum absolute atomic E-state index is 13.0. The highest BCUT2D eigenvalue weighted by Gasteiger charge is 2.11. The van der Waals surface area contributed by atoms with E-state index in [1.807, 2.05) is 6.92 Å². The molecule has 2 rings (SSSR count). The number of halogens is 1. The summed E-state index contributed by atoms with van der Waals surface area (Å²) >= 11 is 0. The van der Waals surface area contributed by atoms with Crippen LogP contribution in [0.5, 0.6) is 0 Å². The van der Waals surface area contributed by atoms with E-state index in [4.69, 9.17) is 5.11 Å². The summed E-state index contributed by atoms with van der Waals surface area (Å²) in [5, 5.41) is 13.1. The molecule has 116 valence electrons. The number of carboxylic acids is 1. The van der Waals surface area contributed by atoms with Crippen molar-refractivity contribution in [1.29, 1.82) is 0 Å². The third-order valence-corrected chi connectivity index (χ3v) is 3.23. The smallest absolute Gasteiger partial charge is 0.303 e. The highest BCUT2D eigenvalue weighted by molar-refractivity contribution is 5.67. The standard InChI is InChI=1S/C16H17FN2O3/c1-2-9-19-16(22)12(5-8-15(20)21)10-14(18-19)11-3-6-13(17)7-4-11/h3-4,6-7,10H,2,5,8-9H2,1H3,(H,20,21). The SMILES string of the molecule is CCCn1nc(-c2ccc(F)cc2)cc(CCC(=O)O)c1=O. The second kappa shape index (κ2) is 6.98. The van der Waals surface area contributed by atoms with Gasteiger partial charge in [-0.3, -0.25) is 9.59 Å². The van der Waals surface area contributed by atoms with Crippen molar-refractivity contribution < 1.29 is 14.3 Å². The molecule has 0 aliphatic carbocycles. The number of carboxylic acid groups (broad SMARTS) is 1. The van der Waals surface area contributed by atoms with Crippen LogP contribution in [0.3, 0.4) is 0 Å². The van der Waals surface area contributed by atoms with Gasteiger partial charge in [0.1, 0.15) is 5.82 Å². The molecule has 0 bridgehead atoms. The molecule has 0 aliphatic rings. The first-order chi connectivity index (χ1) is 10.5. The summed E-state index contributed by atoms with van der Waals surface area (Å²) in [6.07, 6.45) is 0.765. The molecule has 2 aromatic rings. The Morgan fingerprint density at radius 2 is 2.00 bits per heavy atom. The molecule has 0 fully saturated rings. The first-order valence-electron chi connectivity index (χ1n) is 7.10. The van der Waals surface area contributed by atoms with Gasteiger partial charge in [-0.05, 0) is 43.2 Å². The summed E-state index contributed by atoms with van der Waals surface area (Å²) in [6.45, 7) is 2.38. The van der Waals surface area contributed by atoms with Crippen LogP contribution in [0.25, 0.3) is 11.3 Å². The van der Waals surface area contributed by atoms with Gasteiger partial charge >= 0.3 is 5.97 Å². The quantitative estimate of drug-likeness (QED) is 0.890. The van der Waals surface area contributed by atoms with Gasteiger partial charge in [0.15, 0.2) is 0 Å². The molecule has 1 heterocycles. The van der Waals surface area contributed by atoms with Gasteiger partial charge in [-0.2, -0.15) is 5.10 Å². The van der Waals surface area contributed by atoms with Crippen LogP contribution in [0.2, 0.25) is 0 Å². The highest BCUT2D eigenvalue weighted by Crippen LogP contribution is 2.17. The predicted octanol–water partition coefficient (Wildman–Crippen LogP) is 2.48. The minimum atomic E-state index is -0.957. The van der Waals surface area contributed by atoms with Crippen LogP contribution in [0.4, 0.5) is 4.39 Å². The second-order valence-electron chi connectivity index (χ2n) is 4.98. The average Bonchev–Trinajstić information content (AvgIpc) is 2.49. The van der Waals surface area contributed by atoms with E-state index in [9.17, 15) is 14.0 Å². The van der Waals surface area contributed by atoms with Gasteiger partial charge in [-0.1, -0.05) is 6.92 Å². The summed E-state index contributed by atoms with van der Waals surface area (Å²) in [5.41, 5.74) is 1.36. The van der Waals surface area contributed by atoms with Crippen molar-refractivity contribution in [3.05, 3.63) is 52.1 Å². The topological polar surface area (TPSA) is 72.2 Å². The Labute approximate surface area is 127 Å². The first-order valence-corrected chi connectivity index (χ1v) is 7.10. The van der Waals surface area contributed by atoms with Crippen LogP contribution < -0.4 is 5.56 Å². The van der Waals surface area contributed by atoms with Crippen molar-refractivity contribution in [2.24, 2.45) is 0 Å². The van der Waals surface area contributed by atoms with Crippen molar-refractivity contribution in [2.75, 3.05) is 0 Å². The molecule has 0 unspecified atom stereocenters. The lowest BCUT2D eigenvalue weighted by Crippen LogP contribution is -2.27. The molecule has 5 nitrogen and oxygen atoms in total. The lowest BCUT2D eigenvalue weighted by Gasteiger charge is -2.09. The summed E-state index contributed by atoms with van der Waals surface area (Å²) in [6, 6.07) is 7.40. The van der Waals surface area contributed by atoms with Crippen molar-refractivity contribution in [3.63, 3.8) is 0 Å². The third kappa shape index (κ3) is 3.78. The van der Waals surface area contributed by atoms with E-state index in [1.165, 1.54) is 16.8 Å². The highest BCUT2D eigenvalue weighted by atomic mass is 19.1. The van der Waals surface area contributed by atoms with Gasteiger partial charge in [0.05, 0.1) is 5.69 Å². The number of carbonyl (C=O) groups is 1. The van der Waals surface area contributed by atoms with Crippen LogP contribution in [-0.2, 0) is 17.8 Å². The van der Waals surface area contributed by atoms with Crippen molar-refractivity contribution in [2.45, 2.75) is 32.7 Å². The third-order valence-electron chi connectivity index (χ3n) is 3.23. The van der Waals surface area contributed by atoms with E-state index in [0.29, 0.717) is 23.4 Å². The Morgan fingerprint density at radius 3 is 2.59 bits per heavy atom. The van der Waals surface area contributed by atoms with Crippen molar-refractivity contribution >= 4 is 5.97 Å². The number of hydrogen-bond donors (Lipinski definition) is 1. The van der Waals surface area contributed by atoms with Gasteiger partial charge in [0.2, 0.25) is 0 Å². The summed E-state index contributed by atoms with van der Waals surface area (Å²) in [5.74, 6) is -1.31. The number of aliphatic carboxylic acids is 1. The molecule has 22 heavy (non-hydrogen) atoms. The Morgan fingerprint density at radius 1 is 1.32 bits per heavy atom. The molecular weight excluding hydrogens is 287 g/mol. The molecule has 0 atom stereocenters. The second-order valence-corrected chi connectivity index (χ2v) is 4.98. The molecule has 6 heteroatoms. The zero-order valence-corrected chi connectivity index (χ0v) is 12.3. The Hall–Kier alpha value is -2.50. The minimum Gasteiger partial charge on any atom is -0.481 e. The number of hydrogen-bond acceptors (Lipinski definition) is 3. The average molecular weight is 304 g/mol. The lowest BCUT2D eigenvalue weighted by molar-refractivity contribution is -0.136. The van der Waals surface area contributed by atoms with E-state index in [0.717, 1.165) is 6.42 Å². The number of benzene rings is 1. The zero-order valence-electron chi connectivity index (χ0n) is 12.3. The summed E-state index contributed by atoms with van der Waals surface area (Å²) in [7, 11) is 0. The van der Waals surface area contributed by atoms with Gasteiger partial charge in [-0.25, -0.2) is 9.07 Å². The van der Waals surface area contributed by atoms with Crippen molar-refractivity contribution in [3.8, 4) is 11.3 Å². The Bertz CT molecular complexity index is 723. The lowest BCUT2D eigenvalue weighted by atomic mass is 10.1. The Kier molecular flexibility index (Phi) is 5.04. The van der Waals surface area contributed by atoms with Gasteiger partial charge in [-0.15, -0.1) is 0 Å². The van der Waals surface area contributed by atoms with E-state index >= 15 is 0 Å². The molecule has 0 amide bonds. The molecule has 0 saturated carbocycles. The molecule has 0 aliphatic heterocycles. The van der Waals surface area contributed by atoms with Gasteiger partial charge < -0.3 is 5.11 Å². The molecule has 0 saturated heterocycles. The Balaban J connectivity index is 2.47. The molecule has 0 spiro atoms. The largest absolute Gasteiger partial charge is 0.481 e. The van der Waals surface area contributed by atoms with Crippen LogP contribution in [0.1, 0.15) is 25.3 Å². The van der Waals surface area contributed by atoms with Gasteiger partial charge in [0, 0.05) is 24.1 Å². The first kappa shape index (κ1) is 15.9. The predicted molar refractivity (Wildman–Crippen MR) is 80.1 cm³/mol. The van der Waals surface area contributed by atoms with Crippen LogP contribution in [0, 0.1) is 5.82 Å². The summed E-state index contributed by atoms with van der Waals surface area (Å²) < 4.78 is 14.4. The van der Waals surface area contributed by atoms with Crippen LogP contribution >= 0.6 is 0 Å². The van der Waals surface area contributed by atoms with Crippen LogP contribution in [-0.4, -0.2) is 20.9 Å². The number of rotatable bonds is 6. The number of aryl methyl sites for hydroxylation is 2. The maximum Gasteiger partial charge on any atom is 0.303 e. The minimum absolute atomic E-state index is 0.117. The molecule has 1 aromatic carbocycles. The number of aromatic nitrogens is 2. The fraction of sp³-hybridized carbons (Fsp3) is 0.312. The van der Waals surface area contributed by atoms with E-state index in [2.05, 4.69) is 5.10 Å². The molecule has 1 aromatic heterocycles. The molecular formula is C16H17FN2O3. The van der Waals surface area contributed by atoms with E-state index < -0.39 is 5.97 Å². The van der Waals surface area contributed by atoms with Gasteiger partial charge in [0.25, 0.3) is 5.56 Å². The monoisotopic (exact) mass is 304 g/mol. The van der Waals surface area contributed by atoms with E-state index in [1.54, 1.807) is 18.2 Å². The fourth-order valence-electron chi connectivity index (χ4n) is 2.14.